The molecule has 1 aliphatic heterocycles. The Morgan fingerprint density at radius 3 is 2.59 bits per heavy atom. The zero-order valence-electron chi connectivity index (χ0n) is 10.2. The Balaban J connectivity index is 2.67. The third kappa shape index (κ3) is 3.96. The second-order valence-electron chi connectivity index (χ2n) is 3.90. The predicted octanol–water partition coefficient (Wildman–Crippen LogP) is 1.25. The molecule has 0 bridgehead atoms. The lowest BCUT2D eigenvalue weighted by Crippen LogP contribution is -2.25. The van der Waals surface area contributed by atoms with Gasteiger partial charge in [-0.1, -0.05) is 32.0 Å². The zero-order valence-corrected chi connectivity index (χ0v) is 12.6. The van der Waals surface area contributed by atoms with Crippen LogP contribution < -0.4 is 5.43 Å². The minimum Gasteiger partial charge on any atom is -0.280 e. The lowest BCUT2D eigenvalue weighted by atomic mass is 10.2. The van der Waals surface area contributed by atoms with Crippen LogP contribution in [0.2, 0.25) is 0 Å². The highest BCUT2D eigenvalue weighted by molar-refractivity contribution is 8.37. The number of nitrogens with one attached hydrogen (secondary N) is 1. The number of sulfone groups is 1. The Labute approximate surface area is 109 Å². The molecule has 0 spiro atoms. The highest BCUT2D eigenvalue weighted by Crippen LogP contribution is 2.26. The lowest BCUT2D eigenvalue weighted by Gasteiger charge is -2.12. The van der Waals surface area contributed by atoms with Gasteiger partial charge in [-0.2, -0.15) is 5.10 Å². The van der Waals surface area contributed by atoms with Gasteiger partial charge in [-0.15, -0.1) is 0 Å². The molecule has 1 aliphatic rings. The zero-order chi connectivity index (χ0) is 13.1. The second-order valence-corrected chi connectivity index (χ2v) is 9.33. The van der Waals surface area contributed by atoms with Gasteiger partial charge in [-0.3, -0.25) is 9.63 Å². The molecule has 5 nitrogen and oxygen atoms in total. The van der Waals surface area contributed by atoms with E-state index in [2.05, 4.69) is 10.5 Å². The van der Waals surface area contributed by atoms with Gasteiger partial charge in [0, 0.05) is 11.5 Å². The van der Waals surface area contributed by atoms with E-state index in [9.17, 15) is 12.6 Å². The first kappa shape index (κ1) is 15.0. The Kier molecular flexibility index (Phi) is 5.46. The first-order valence-corrected chi connectivity index (χ1v) is 9.54. The molecule has 0 aliphatic carbocycles. The van der Waals surface area contributed by atoms with Gasteiger partial charge in [-0.05, 0) is 12.8 Å². The van der Waals surface area contributed by atoms with Gasteiger partial charge in [0.05, 0.1) is 10.8 Å². The summed E-state index contributed by atoms with van der Waals surface area (Å²) in [6, 6.07) is 0. The van der Waals surface area contributed by atoms with Crippen LogP contribution in [0.4, 0.5) is 0 Å². The number of hydrogen-bond donors (Lipinski definition) is 1. The van der Waals surface area contributed by atoms with E-state index < -0.39 is 25.3 Å². The fraction of sp³-hybridized carbons (Fsp3) is 0.889. The number of hydrazone groups is 1. The van der Waals surface area contributed by atoms with Crippen LogP contribution in [-0.2, 0) is 20.6 Å². The Bertz CT molecular complexity index is 419. The van der Waals surface area contributed by atoms with Crippen molar-refractivity contribution in [3.63, 3.8) is 0 Å². The summed E-state index contributed by atoms with van der Waals surface area (Å²) < 4.78 is 34.4. The van der Waals surface area contributed by atoms with Crippen LogP contribution in [0.15, 0.2) is 5.10 Å². The molecule has 17 heavy (non-hydrogen) atoms. The molecule has 8 heteroatoms. The molecule has 0 aromatic carbocycles. The summed E-state index contributed by atoms with van der Waals surface area (Å²) in [5.74, 6) is 0. The smallest absolute Gasteiger partial charge is 0.197 e. The van der Waals surface area contributed by atoms with Crippen molar-refractivity contribution in [3.05, 3.63) is 0 Å². The summed E-state index contributed by atoms with van der Waals surface area (Å²) in [5, 5.41) is 3.95. The van der Waals surface area contributed by atoms with Crippen LogP contribution in [0.25, 0.3) is 0 Å². The topological polar surface area (TPSA) is 75.6 Å². The molecule has 0 saturated carbocycles. The van der Waals surface area contributed by atoms with Crippen molar-refractivity contribution in [1.29, 1.82) is 0 Å². The van der Waals surface area contributed by atoms with Crippen molar-refractivity contribution in [3.8, 4) is 0 Å². The predicted molar refractivity (Wildman–Crippen MR) is 73.9 cm³/mol. The molecule has 100 valence electrons. The third-order valence-corrected chi connectivity index (χ3v) is 7.62. The minimum absolute atomic E-state index is 0.0614. The first-order chi connectivity index (χ1) is 7.90. The molecule has 3 atom stereocenters. The quantitative estimate of drug-likeness (QED) is 0.826. The molecular weight excluding hydrogens is 280 g/mol. The summed E-state index contributed by atoms with van der Waals surface area (Å²) in [7, 11) is -4.41. The second kappa shape index (κ2) is 6.19. The highest BCUT2D eigenvalue weighted by Gasteiger charge is 2.32. The van der Waals surface area contributed by atoms with Crippen molar-refractivity contribution in [2.24, 2.45) is 5.10 Å². The van der Waals surface area contributed by atoms with Crippen LogP contribution >= 0.6 is 11.8 Å². The molecule has 1 rings (SSSR count). The fourth-order valence-electron chi connectivity index (χ4n) is 1.45. The minimum atomic E-state index is -3.21. The molecule has 0 radical (unpaired) electrons. The van der Waals surface area contributed by atoms with Crippen molar-refractivity contribution < 1.29 is 12.6 Å². The fourth-order valence-corrected chi connectivity index (χ4v) is 5.50. The Morgan fingerprint density at radius 2 is 2.18 bits per heavy atom. The molecule has 1 heterocycles. The van der Waals surface area contributed by atoms with Crippen LogP contribution in [0, 0.1) is 0 Å². The van der Waals surface area contributed by atoms with E-state index in [1.807, 2.05) is 13.8 Å². The van der Waals surface area contributed by atoms with Gasteiger partial charge in [0.2, 0.25) is 0 Å². The van der Waals surface area contributed by atoms with Crippen LogP contribution in [0.5, 0.6) is 0 Å². The Morgan fingerprint density at radius 1 is 1.53 bits per heavy atom. The monoisotopic (exact) mass is 298 g/mol. The van der Waals surface area contributed by atoms with E-state index in [0.717, 1.165) is 37.3 Å². The molecule has 0 aromatic rings. The maximum atomic E-state index is 12.2. The molecule has 0 amide bonds. The van der Waals surface area contributed by atoms with E-state index in [1.165, 1.54) is 0 Å². The summed E-state index contributed by atoms with van der Waals surface area (Å²) in [6.07, 6.45) is 3.78. The number of thioether (sulfide) groups is 1. The van der Waals surface area contributed by atoms with Gasteiger partial charge in [0.25, 0.3) is 0 Å². The molecular formula is C9H18N2O3S3. The standard InChI is InChI=1S/C9H18N2O3S3/c1-4-6-7(5-2)16(12)8-10-11-9(15-8)17(3,13)14/h7,9,11H,4-6H2,1-3H3. The lowest BCUT2D eigenvalue weighted by molar-refractivity contribution is 0.591. The van der Waals surface area contributed by atoms with Crippen LogP contribution in [0.3, 0.4) is 0 Å². The number of rotatable bonds is 5. The molecule has 0 aromatic heterocycles. The third-order valence-electron chi connectivity index (χ3n) is 2.40. The van der Waals surface area contributed by atoms with E-state index in [0.29, 0.717) is 4.38 Å². The average molecular weight is 298 g/mol. The van der Waals surface area contributed by atoms with Crippen molar-refractivity contribution in [2.45, 2.75) is 43.1 Å². The molecule has 3 unspecified atom stereocenters. The van der Waals surface area contributed by atoms with Gasteiger partial charge in [-0.25, -0.2) is 8.42 Å². The van der Waals surface area contributed by atoms with Crippen LogP contribution in [-0.4, -0.2) is 33.2 Å². The van der Waals surface area contributed by atoms with E-state index in [4.69, 9.17) is 0 Å². The highest BCUT2D eigenvalue weighted by atomic mass is 32.3. The molecule has 0 saturated heterocycles. The van der Waals surface area contributed by atoms with Gasteiger partial charge in [0.1, 0.15) is 0 Å². The van der Waals surface area contributed by atoms with Gasteiger partial charge < -0.3 is 0 Å². The van der Waals surface area contributed by atoms with E-state index in [1.54, 1.807) is 0 Å². The van der Waals surface area contributed by atoms with E-state index in [-0.39, 0.29) is 5.25 Å². The number of hydrogen-bond acceptors (Lipinski definition) is 6. The van der Waals surface area contributed by atoms with Gasteiger partial charge >= 0.3 is 0 Å². The summed E-state index contributed by atoms with van der Waals surface area (Å²) in [6.45, 7) is 4.03. The number of nitrogens with zero attached hydrogens (tertiary/aromatic N) is 1. The van der Waals surface area contributed by atoms with E-state index >= 15 is 0 Å². The van der Waals surface area contributed by atoms with Crippen molar-refractivity contribution in [2.75, 3.05) is 6.26 Å². The van der Waals surface area contributed by atoms with Crippen molar-refractivity contribution in [1.82, 2.24) is 5.43 Å². The maximum Gasteiger partial charge on any atom is 0.197 e. The normalized spacial score (nSPS) is 23.9. The maximum absolute atomic E-state index is 12.2. The Hall–Kier alpha value is -0.0800. The molecule has 0 fully saturated rings. The van der Waals surface area contributed by atoms with Gasteiger partial charge in [0.15, 0.2) is 18.9 Å². The van der Waals surface area contributed by atoms with Crippen molar-refractivity contribution >= 4 is 36.8 Å². The summed E-state index contributed by atoms with van der Waals surface area (Å²) >= 11 is 1.05. The SMILES string of the molecule is CCCC(CC)S(=O)C1=NNC(S(C)(=O)=O)S1. The first-order valence-electron chi connectivity index (χ1n) is 5.49. The summed E-state index contributed by atoms with van der Waals surface area (Å²) in [4.78, 5) is 0. The largest absolute Gasteiger partial charge is 0.280 e. The van der Waals surface area contributed by atoms with Crippen LogP contribution in [0.1, 0.15) is 33.1 Å². The average Bonchev–Trinajstić information content (AvgIpc) is 2.73. The molecule has 1 N–H and O–H groups in total. The summed E-state index contributed by atoms with van der Waals surface area (Å²) in [5.41, 5.74) is 2.52.